The molecule has 1 aromatic rings. The average Bonchev–Trinajstić information content (AvgIpc) is 2.34. The molecule has 0 atom stereocenters. The van der Waals surface area contributed by atoms with E-state index in [4.69, 9.17) is 5.11 Å². The van der Waals surface area contributed by atoms with Crippen LogP contribution in [0, 0.1) is 10.1 Å². The van der Waals surface area contributed by atoms with Gasteiger partial charge in [0.1, 0.15) is 6.54 Å². The Labute approximate surface area is 122 Å². The summed E-state index contributed by atoms with van der Waals surface area (Å²) in [5.74, 6) is -1.48. The number of nitro benzene ring substituents is 1. The highest BCUT2D eigenvalue weighted by atomic mass is 16.6. The lowest BCUT2D eigenvalue weighted by Crippen LogP contribution is -2.48. The van der Waals surface area contributed by atoms with E-state index in [2.05, 4.69) is 0 Å². The van der Waals surface area contributed by atoms with E-state index >= 15 is 0 Å². The number of benzene rings is 1. The Bertz CT molecular complexity index is 563. The lowest BCUT2D eigenvalue weighted by molar-refractivity contribution is -0.384. The summed E-state index contributed by atoms with van der Waals surface area (Å²) in [6.45, 7) is 4.81. The van der Waals surface area contributed by atoms with Crippen LogP contribution in [0.4, 0.5) is 5.69 Å². The third-order valence-corrected chi connectivity index (χ3v) is 2.88. The summed E-state index contributed by atoms with van der Waals surface area (Å²) in [4.78, 5) is 34.6. The van der Waals surface area contributed by atoms with Gasteiger partial charge in [0.25, 0.3) is 5.69 Å². The van der Waals surface area contributed by atoms with Crippen molar-refractivity contribution >= 4 is 17.6 Å². The van der Waals surface area contributed by atoms with Crippen molar-refractivity contribution in [1.82, 2.24) is 4.90 Å². The van der Waals surface area contributed by atoms with Crippen molar-refractivity contribution in [1.29, 1.82) is 0 Å². The maximum Gasteiger partial charge on any atom is 0.323 e. The Hall–Kier alpha value is -2.44. The largest absolute Gasteiger partial charge is 0.480 e. The minimum Gasteiger partial charge on any atom is -0.480 e. The minimum absolute atomic E-state index is 0.0772. The van der Waals surface area contributed by atoms with Gasteiger partial charge in [-0.25, -0.2) is 0 Å². The van der Waals surface area contributed by atoms with E-state index in [1.165, 1.54) is 23.1 Å². The van der Waals surface area contributed by atoms with E-state index in [9.17, 15) is 19.7 Å². The predicted molar refractivity (Wildman–Crippen MR) is 75.9 cm³/mol. The second-order valence-corrected chi connectivity index (χ2v) is 5.65. The normalized spacial score (nSPS) is 11.0. The number of non-ortho nitro benzene ring substituents is 1. The van der Waals surface area contributed by atoms with E-state index in [0.717, 1.165) is 0 Å². The second kappa shape index (κ2) is 6.34. The molecular weight excluding hydrogens is 276 g/mol. The van der Waals surface area contributed by atoms with Gasteiger partial charge in [-0.2, -0.15) is 0 Å². The van der Waals surface area contributed by atoms with Crippen LogP contribution in [0.3, 0.4) is 0 Å². The van der Waals surface area contributed by atoms with Crippen LogP contribution >= 0.6 is 0 Å². The fraction of sp³-hybridized carbons (Fsp3) is 0.429. The minimum atomic E-state index is -1.10. The number of hydrogen-bond acceptors (Lipinski definition) is 4. The fourth-order valence-corrected chi connectivity index (χ4v) is 1.88. The number of hydrogen-bond donors (Lipinski definition) is 1. The molecule has 0 aliphatic heterocycles. The van der Waals surface area contributed by atoms with Crippen LogP contribution in [-0.4, -0.2) is 38.9 Å². The molecule has 0 aliphatic rings. The predicted octanol–water partition coefficient (Wildman–Crippen LogP) is 1.85. The number of carbonyl (C=O) groups excluding carboxylic acids is 1. The Kier molecular flexibility index (Phi) is 5.02. The first-order valence-electron chi connectivity index (χ1n) is 6.37. The number of carboxylic acid groups (broad SMARTS) is 1. The van der Waals surface area contributed by atoms with Gasteiger partial charge in [0.05, 0.1) is 11.3 Å². The van der Waals surface area contributed by atoms with E-state index in [0.29, 0.717) is 5.56 Å². The van der Waals surface area contributed by atoms with Gasteiger partial charge in [0.2, 0.25) is 5.91 Å². The van der Waals surface area contributed by atoms with Crippen molar-refractivity contribution in [2.45, 2.75) is 32.7 Å². The van der Waals surface area contributed by atoms with Crippen LogP contribution in [0.25, 0.3) is 0 Å². The molecule has 7 nitrogen and oxygen atoms in total. The van der Waals surface area contributed by atoms with Gasteiger partial charge >= 0.3 is 5.97 Å². The number of rotatable bonds is 5. The SMILES string of the molecule is CC(C)(C)N(CC(=O)O)C(=O)Cc1cccc([N+](=O)[O-])c1. The van der Waals surface area contributed by atoms with Crippen molar-refractivity contribution in [3.63, 3.8) is 0 Å². The first kappa shape index (κ1) is 16.6. The van der Waals surface area contributed by atoms with Crippen molar-refractivity contribution in [3.05, 3.63) is 39.9 Å². The number of amides is 1. The third-order valence-electron chi connectivity index (χ3n) is 2.88. The van der Waals surface area contributed by atoms with Crippen LogP contribution in [-0.2, 0) is 16.0 Å². The topological polar surface area (TPSA) is 101 Å². The fourth-order valence-electron chi connectivity index (χ4n) is 1.88. The van der Waals surface area contributed by atoms with E-state index in [1.807, 2.05) is 0 Å². The zero-order chi connectivity index (χ0) is 16.2. The van der Waals surface area contributed by atoms with Gasteiger partial charge in [-0.05, 0) is 26.3 Å². The quantitative estimate of drug-likeness (QED) is 0.659. The van der Waals surface area contributed by atoms with Crippen LogP contribution in [0.15, 0.2) is 24.3 Å². The van der Waals surface area contributed by atoms with Crippen molar-refractivity contribution in [2.75, 3.05) is 6.54 Å². The third kappa shape index (κ3) is 4.87. The molecule has 114 valence electrons. The molecule has 0 saturated carbocycles. The van der Waals surface area contributed by atoms with Crippen LogP contribution in [0.5, 0.6) is 0 Å². The van der Waals surface area contributed by atoms with Crippen molar-refractivity contribution in [2.24, 2.45) is 0 Å². The second-order valence-electron chi connectivity index (χ2n) is 5.65. The molecule has 21 heavy (non-hydrogen) atoms. The summed E-state index contributed by atoms with van der Waals surface area (Å²) in [6.07, 6.45) is -0.0772. The van der Waals surface area contributed by atoms with Crippen molar-refractivity contribution in [3.8, 4) is 0 Å². The first-order chi connectivity index (χ1) is 9.61. The summed E-state index contributed by atoms with van der Waals surface area (Å²) in [6, 6.07) is 5.76. The number of carboxylic acids is 1. The molecule has 0 heterocycles. The number of nitrogens with zero attached hydrogens (tertiary/aromatic N) is 2. The smallest absolute Gasteiger partial charge is 0.323 e. The summed E-state index contributed by atoms with van der Waals surface area (Å²) in [5.41, 5.74) is -0.259. The average molecular weight is 294 g/mol. The zero-order valence-electron chi connectivity index (χ0n) is 12.2. The van der Waals surface area contributed by atoms with Gasteiger partial charge in [-0.3, -0.25) is 19.7 Å². The molecule has 0 aromatic heterocycles. The molecule has 1 aromatic carbocycles. The van der Waals surface area contributed by atoms with E-state index < -0.39 is 23.0 Å². The molecule has 1 N–H and O–H groups in total. The number of nitro groups is 1. The monoisotopic (exact) mass is 294 g/mol. The molecule has 0 saturated heterocycles. The van der Waals surface area contributed by atoms with Gasteiger partial charge < -0.3 is 10.0 Å². The maximum absolute atomic E-state index is 12.3. The molecule has 7 heteroatoms. The Morgan fingerprint density at radius 1 is 1.33 bits per heavy atom. The van der Waals surface area contributed by atoms with Gasteiger partial charge in [-0.1, -0.05) is 12.1 Å². The molecule has 0 aliphatic carbocycles. The van der Waals surface area contributed by atoms with Gasteiger partial charge in [0.15, 0.2) is 0 Å². The van der Waals surface area contributed by atoms with E-state index in [-0.39, 0.29) is 18.0 Å². The number of aliphatic carboxylic acids is 1. The summed E-state index contributed by atoms with van der Waals surface area (Å²) < 4.78 is 0. The molecule has 0 radical (unpaired) electrons. The van der Waals surface area contributed by atoms with Crippen LogP contribution < -0.4 is 0 Å². The standard InChI is InChI=1S/C14H18N2O5/c1-14(2,3)15(9-13(18)19)12(17)8-10-5-4-6-11(7-10)16(20)21/h4-7H,8-9H2,1-3H3,(H,18,19). The van der Waals surface area contributed by atoms with Gasteiger partial charge in [-0.15, -0.1) is 0 Å². The molecule has 1 amide bonds. The van der Waals surface area contributed by atoms with Crippen LogP contribution in [0.2, 0.25) is 0 Å². The molecule has 0 bridgehead atoms. The summed E-state index contributed by atoms with van der Waals surface area (Å²) >= 11 is 0. The summed E-state index contributed by atoms with van der Waals surface area (Å²) in [7, 11) is 0. The lowest BCUT2D eigenvalue weighted by atomic mass is 10.0. The molecule has 0 spiro atoms. The Balaban J connectivity index is 2.94. The zero-order valence-corrected chi connectivity index (χ0v) is 12.2. The maximum atomic E-state index is 12.3. The lowest BCUT2D eigenvalue weighted by Gasteiger charge is -2.34. The molecular formula is C14H18N2O5. The molecule has 1 rings (SSSR count). The Morgan fingerprint density at radius 2 is 1.95 bits per heavy atom. The first-order valence-corrected chi connectivity index (χ1v) is 6.37. The summed E-state index contributed by atoms with van der Waals surface area (Å²) in [5, 5.41) is 19.6. The highest BCUT2D eigenvalue weighted by Crippen LogP contribution is 2.18. The Morgan fingerprint density at radius 3 is 2.43 bits per heavy atom. The van der Waals surface area contributed by atoms with Gasteiger partial charge in [0, 0.05) is 17.7 Å². The molecule has 0 fully saturated rings. The molecule has 0 unspecified atom stereocenters. The number of carbonyl (C=O) groups is 2. The van der Waals surface area contributed by atoms with Crippen LogP contribution in [0.1, 0.15) is 26.3 Å². The van der Waals surface area contributed by atoms with Crippen molar-refractivity contribution < 1.29 is 19.6 Å². The highest BCUT2D eigenvalue weighted by molar-refractivity contribution is 5.83. The van der Waals surface area contributed by atoms with E-state index in [1.54, 1.807) is 26.8 Å². The highest BCUT2D eigenvalue weighted by Gasteiger charge is 2.28.